The zero-order valence-electron chi connectivity index (χ0n) is 10.6. The first-order valence-corrected chi connectivity index (χ1v) is 6.09. The van der Waals surface area contributed by atoms with Crippen LogP contribution in [0.1, 0.15) is 62.1 Å². The summed E-state index contributed by atoms with van der Waals surface area (Å²) in [6, 6.07) is 0. The summed E-state index contributed by atoms with van der Waals surface area (Å²) in [5, 5.41) is 9.86. The zero-order valence-corrected chi connectivity index (χ0v) is 10.6. The molecule has 0 spiro atoms. The number of aromatic nitrogens is 2. The smallest absolute Gasteiger partial charge is 0.274 e. The molecule has 0 radical (unpaired) electrons. The number of hydrogen-bond donors (Lipinski definition) is 3. The summed E-state index contributed by atoms with van der Waals surface area (Å²) in [4.78, 5) is 12.0. The minimum atomic E-state index is -0.173. The molecule has 0 bridgehead atoms. The van der Waals surface area contributed by atoms with Crippen molar-refractivity contribution in [3.63, 3.8) is 0 Å². The first kappa shape index (κ1) is 12.0. The predicted octanol–water partition coefficient (Wildman–Crippen LogP) is 1.79. The Bertz CT molecular complexity index is 432. The van der Waals surface area contributed by atoms with E-state index in [-0.39, 0.29) is 17.4 Å². The van der Waals surface area contributed by atoms with Gasteiger partial charge in [-0.2, -0.15) is 5.10 Å². The maximum Gasteiger partial charge on any atom is 0.274 e. The van der Waals surface area contributed by atoms with E-state index in [0.29, 0.717) is 11.4 Å². The van der Waals surface area contributed by atoms with Crippen molar-refractivity contribution in [1.82, 2.24) is 15.5 Å². The molecule has 1 aromatic rings. The Hall–Kier alpha value is -1.52. The molecule has 1 saturated carbocycles. The van der Waals surface area contributed by atoms with Gasteiger partial charge in [0, 0.05) is 5.54 Å². The molecule has 1 aliphatic carbocycles. The lowest BCUT2D eigenvalue weighted by molar-refractivity contribution is 0.0846. The Labute approximate surface area is 101 Å². The maximum atomic E-state index is 12.0. The molecule has 17 heavy (non-hydrogen) atoms. The third kappa shape index (κ3) is 2.14. The van der Waals surface area contributed by atoms with E-state index >= 15 is 0 Å². The minimum Gasteiger partial charge on any atom is -0.395 e. The van der Waals surface area contributed by atoms with Crippen LogP contribution in [0.2, 0.25) is 0 Å². The molecule has 5 nitrogen and oxygen atoms in total. The van der Waals surface area contributed by atoms with Crippen molar-refractivity contribution in [2.45, 2.75) is 51.5 Å². The number of anilines is 1. The lowest BCUT2D eigenvalue weighted by Crippen LogP contribution is -2.51. The van der Waals surface area contributed by atoms with E-state index in [0.717, 1.165) is 18.5 Å². The van der Waals surface area contributed by atoms with Gasteiger partial charge in [0.05, 0.1) is 11.4 Å². The molecule has 0 unspecified atom stereocenters. The molecule has 0 aliphatic heterocycles. The summed E-state index contributed by atoms with van der Waals surface area (Å²) >= 11 is 0. The van der Waals surface area contributed by atoms with E-state index in [2.05, 4.69) is 22.4 Å². The molecule has 1 amide bonds. The van der Waals surface area contributed by atoms with Crippen LogP contribution in [-0.2, 0) is 0 Å². The average molecular weight is 236 g/mol. The van der Waals surface area contributed by atoms with Gasteiger partial charge < -0.3 is 11.1 Å². The number of nitrogen functional groups attached to an aromatic ring is 1. The maximum absolute atomic E-state index is 12.0. The molecule has 0 atom stereocenters. The molecule has 5 heteroatoms. The number of carbonyl (C=O) groups excluding carboxylic acids is 1. The minimum absolute atomic E-state index is 0.0690. The summed E-state index contributed by atoms with van der Waals surface area (Å²) in [5.41, 5.74) is 7.48. The third-order valence-corrected chi connectivity index (χ3v) is 3.50. The number of aromatic amines is 1. The lowest BCUT2D eigenvalue weighted by atomic mass is 9.78. The number of amides is 1. The number of nitrogens with zero attached hydrogens (tertiary/aromatic N) is 1. The topological polar surface area (TPSA) is 83.8 Å². The van der Waals surface area contributed by atoms with Crippen molar-refractivity contribution in [2.24, 2.45) is 0 Å². The van der Waals surface area contributed by atoms with Crippen LogP contribution in [0.4, 0.5) is 5.69 Å². The zero-order chi connectivity index (χ0) is 12.6. The molecule has 2 rings (SSSR count). The van der Waals surface area contributed by atoms with Crippen molar-refractivity contribution in [1.29, 1.82) is 0 Å². The monoisotopic (exact) mass is 236 g/mol. The molecule has 1 fully saturated rings. The fraction of sp³-hybridized carbons (Fsp3) is 0.667. The fourth-order valence-corrected chi connectivity index (χ4v) is 2.14. The SMILES string of the molecule is CC(C)c1[nH]nc(C(=O)NC2(C)CCC2)c1N. The van der Waals surface area contributed by atoms with Crippen LogP contribution in [0.15, 0.2) is 0 Å². The highest BCUT2D eigenvalue weighted by Crippen LogP contribution is 2.31. The van der Waals surface area contributed by atoms with Gasteiger partial charge in [-0.1, -0.05) is 13.8 Å². The molecule has 1 aromatic heterocycles. The highest BCUT2D eigenvalue weighted by Gasteiger charge is 2.34. The summed E-state index contributed by atoms with van der Waals surface area (Å²) in [7, 11) is 0. The van der Waals surface area contributed by atoms with Crippen molar-refractivity contribution in [2.75, 3.05) is 5.73 Å². The number of nitrogens with two attached hydrogens (primary N) is 1. The van der Waals surface area contributed by atoms with Gasteiger partial charge in [0.25, 0.3) is 5.91 Å². The van der Waals surface area contributed by atoms with Crippen LogP contribution in [0.5, 0.6) is 0 Å². The summed E-state index contributed by atoms with van der Waals surface area (Å²) in [5.74, 6) is 0.0659. The van der Waals surface area contributed by atoms with Crippen molar-refractivity contribution >= 4 is 11.6 Å². The van der Waals surface area contributed by atoms with Crippen LogP contribution in [-0.4, -0.2) is 21.6 Å². The largest absolute Gasteiger partial charge is 0.395 e. The van der Waals surface area contributed by atoms with Crippen LogP contribution >= 0.6 is 0 Å². The summed E-state index contributed by atoms with van der Waals surface area (Å²) in [6.45, 7) is 6.08. The molecular formula is C12H20N4O. The van der Waals surface area contributed by atoms with Crippen molar-refractivity contribution in [3.8, 4) is 0 Å². The van der Waals surface area contributed by atoms with Gasteiger partial charge in [0.2, 0.25) is 0 Å². The molecule has 1 aliphatic rings. The van der Waals surface area contributed by atoms with Gasteiger partial charge in [-0.05, 0) is 32.1 Å². The fourth-order valence-electron chi connectivity index (χ4n) is 2.14. The highest BCUT2D eigenvalue weighted by molar-refractivity contribution is 5.98. The van der Waals surface area contributed by atoms with Gasteiger partial charge in [-0.25, -0.2) is 0 Å². The number of nitrogens with one attached hydrogen (secondary N) is 2. The predicted molar refractivity (Wildman–Crippen MR) is 66.8 cm³/mol. The van der Waals surface area contributed by atoms with E-state index in [9.17, 15) is 4.79 Å². The molecule has 94 valence electrons. The number of rotatable bonds is 3. The molecule has 0 aromatic carbocycles. The first-order valence-electron chi connectivity index (χ1n) is 6.09. The standard InChI is InChI=1S/C12H20N4O/c1-7(2)9-8(13)10(16-15-9)11(17)14-12(3)5-4-6-12/h7H,4-6,13H2,1-3H3,(H,14,17)(H,15,16). The quantitative estimate of drug-likeness (QED) is 0.748. The van der Waals surface area contributed by atoms with Gasteiger partial charge in [0.15, 0.2) is 5.69 Å². The average Bonchev–Trinajstić information content (AvgIpc) is 2.57. The Kier molecular flexibility index (Phi) is 2.85. The second-order valence-electron chi connectivity index (χ2n) is 5.42. The molecule has 1 heterocycles. The van der Waals surface area contributed by atoms with E-state index in [1.54, 1.807) is 0 Å². The van der Waals surface area contributed by atoms with Crippen molar-refractivity contribution in [3.05, 3.63) is 11.4 Å². The van der Waals surface area contributed by atoms with E-state index in [1.807, 2.05) is 13.8 Å². The number of H-pyrrole nitrogens is 1. The third-order valence-electron chi connectivity index (χ3n) is 3.50. The summed E-state index contributed by atoms with van der Waals surface area (Å²) in [6.07, 6.45) is 3.23. The van der Waals surface area contributed by atoms with E-state index < -0.39 is 0 Å². The Morgan fingerprint density at radius 1 is 1.53 bits per heavy atom. The number of hydrogen-bond acceptors (Lipinski definition) is 3. The second-order valence-corrected chi connectivity index (χ2v) is 5.42. The van der Waals surface area contributed by atoms with Crippen LogP contribution in [0, 0.1) is 0 Å². The van der Waals surface area contributed by atoms with E-state index in [4.69, 9.17) is 5.73 Å². The Morgan fingerprint density at radius 3 is 2.59 bits per heavy atom. The second kappa shape index (κ2) is 4.05. The highest BCUT2D eigenvalue weighted by atomic mass is 16.2. The number of carbonyl (C=O) groups is 1. The van der Waals surface area contributed by atoms with Crippen LogP contribution in [0.3, 0.4) is 0 Å². The Morgan fingerprint density at radius 2 is 2.18 bits per heavy atom. The van der Waals surface area contributed by atoms with Crippen molar-refractivity contribution < 1.29 is 4.79 Å². The molecule has 4 N–H and O–H groups in total. The van der Waals surface area contributed by atoms with Gasteiger partial charge in [-0.15, -0.1) is 0 Å². The first-order chi connectivity index (χ1) is 7.93. The van der Waals surface area contributed by atoms with Gasteiger partial charge in [0.1, 0.15) is 0 Å². The summed E-state index contributed by atoms with van der Waals surface area (Å²) < 4.78 is 0. The molecular weight excluding hydrogens is 216 g/mol. The lowest BCUT2D eigenvalue weighted by Gasteiger charge is -2.38. The van der Waals surface area contributed by atoms with E-state index in [1.165, 1.54) is 6.42 Å². The Balaban J connectivity index is 2.14. The van der Waals surface area contributed by atoms with Gasteiger partial charge in [-0.3, -0.25) is 9.89 Å². The van der Waals surface area contributed by atoms with Crippen LogP contribution in [0.25, 0.3) is 0 Å². The van der Waals surface area contributed by atoms with Gasteiger partial charge >= 0.3 is 0 Å². The van der Waals surface area contributed by atoms with Crippen LogP contribution < -0.4 is 11.1 Å². The molecule has 0 saturated heterocycles. The normalized spacial score (nSPS) is 17.9.